The summed E-state index contributed by atoms with van der Waals surface area (Å²) >= 11 is 6.30. The van der Waals surface area contributed by atoms with Gasteiger partial charge < -0.3 is 15.2 Å². The first-order valence-electron chi connectivity index (χ1n) is 7.90. The zero-order chi connectivity index (χ0) is 15.2. The number of hydrogen-bond acceptors (Lipinski definition) is 3. The van der Waals surface area contributed by atoms with Gasteiger partial charge in [0, 0.05) is 12.1 Å². The van der Waals surface area contributed by atoms with Gasteiger partial charge in [0.25, 0.3) is 0 Å². The van der Waals surface area contributed by atoms with Crippen LogP contribution in [-0.2, 0) is 6.54 Å². The van der Waals surface area contributed by atoms with Crippen LogP contribution in [0.5, 0.6) is 5.75 Å². The molecule has 0 radical (unpaired) electrons. The molecule has 21 heavy (non-hydrogen) atoms. The SMILES string of the molecule is CC(C)CNCc1cccc(Cl)c1OC1CCCCC1O. The summed E-state index contributed by atoms with van der Waals surface area (Å²) in [6.07, 6.45) is 3.37. The molecule has 0 bridgehead atoms. The Hall–Kier alpha value is -0.770. The molecule has 1 aromatic rings. The second kappa shape index (κ2) is 8.02. The van der Waals surface area contributed by atoms with Crippen molar-refractivity contribution in [1.29, 1.82) is 0 Å². The number of ether oxygens (including phenoxy) is 1. The Labute approximate surface area is 132 Å². The van der Waals surface area contributed by atoms with Gasteiger partial charge in [0.05, 0.1) is 11.1 Å². The van der Waals surface area contributed by atoms with Crippen LogP contribution in [0.25, 0.3) is 0 Å². The van der Waals surface area contributed by atoms with Crippen molar-refractivity contribution in [3.8, 4) is 5.75 Å². The summed E-state index contributed by atoms with van der Waals surface area (Å²) in [5, 5.41) is 14.1. The van der Waals surface area contributed by atoms with Gasteiger partial charge in [-0.15, -0.1) is 0 Å². The molecule has 1 aliphatic rings. The number of nitrogens with one attached hydrogen (secondary N) is 1. The summed E-state index contributed by atoms with van der Waals surface area (Å²) in [4.78, 5) is 0. The molecule has 3 nitrogen and oxygen atoms in total. The molecule has 0 heterocycles. The van der Waals surface area contributed by atoms with E-state index < -0.39 is 0 Å². The number of hydrogen-bond donors (Lipinski definition) is 2. The number of benzene rings is 1. The zero-order valence-electron chi connectivity index (χ0n) is 12.9. The van der Waals surface area contributed by atoms with E-state index in [1.807, 2.05) is 18.2 Å². The monoisotopic (exact) mass is 311 g/mol. The third kappa shape index (κ3) is 4.87. The van der Waals surface area contributed by atoms with E-state index in [4.69, 9.17) is 16.3 Å². The molecular formula is C17H26ClNO2. The van der Waals surface area contributed by atoms with Gasteiger partial charge in [-0.05, 0) is 37.8 Å². The summed E-state index contributed by atoms with van der Waals surface area (Å²) in [6, 6.07) is 5.82. The summed E-state index contributed by atoms with van der Waals surface area (Å²) < 4.78 is 6.07. The second-order valence-corrected chi connectivity index (χ2v) is 6.67. The Balaban J connectivity index is 2.06. The molecule has 1 saturated carbocycles. The van der Waals surface area contributed by atoms with Gasteiger partial charge in [0.1, 0.15) is 11.9 Å². The molecule has 0 saturated heterocycles. The van der Waals surface area contributed by atoms with Crippen LogP contribution in [0.2, 0.25) is 5.02 Å². The van der Waals surface area contributed by atoms with Crippen molar-refractivity contribution in [1.82, 2.24) is 5.32 Å². The van der Waals surface area contributed by atoms with Crippen LogP contribution in [0.1, 0.15) is 45.1 Å². The Kier molecular flexibility index (Phi) is 6.34. The van der Waals surface area contributed by atoms with E-state index in [1.165, 1.54) is 0 Å². The molecule has 2 N–H and O–H groups in total. The van der Waals surface area contributed by atoms with E-state index >= 15 is 0 Å². The highest BCUT2D eigenvalue weighted by Gasteiger charge is 2.26. The highest BCUT2D eigenvalue weighted by Crippen LogP contribution is 2.32. The van der Waals surface area contributed by atoms with Crippen LogP contribution >= 0.6 is 11.6 Å². The first-order valence-corrected chi connectivity index (χ1v) is 8.28. The first-order chi connectivity index (χ1) is 10.1. The van der Waals surface area contributed by atoms with Crippen molar-refractivity contribution in [2.75, 3.05) is 6.54 Å². The standard InChI is InChI=1S/C17H26ClNO2/c1-12(2)10-19-11-13-6-5-7-14(18)17(13)21-16-9-4-3-8-15(16)20/h5-7,12,15-16,19-20H,3-4,8-11H2,1-2H3. The Morgan fingerprint density at radius 1 is 1.33 bits per heavy atom. The molecule has 1 aliphatic carbocycles. The van der Waals surface area contributed by atoms with Crippen molar-refractivity contribution in [2.24, 2.45) is 5.92 Å². The summed E-state index contributed by atoms with van der Waals surface area (Å²) in [6.45, 7) is 6.05. The van der Waals surface area contributed by atoms with Crippen LogP contribution in [-0.4, -0.2) is 23.9 Å². The predicted molar refractivity (Wildman–Crippen MR) is 86.9 cm³/mol. The minimum Gasteiger partial charge on any atom is -0.486 e. The molecule has 118 valence electrons. The maximum atomic E-state index is 10.1. The number of aliphatic hydroxyl groups excluding tert-OH is 1. The Morgan fingerprint density at radius 3 is 2.81 bits per heavy atom. The lowest BCUT2D eigenvalue weighted by Gasteiger charge is -2.29. The Morgan fingerprint density at radius 2 is 2.10 bits per heavy atom. The fourth-order valence-electron chi connectivity index (χ4n) is 2.69. The maximum absolute atomic E-state index is 10.1. The predicted octanol–water partition coefficient (Wildman–Crippen LogP) is 3.77. The molecule has 2 atom stereocenters. The van der Waals surface area contributed by atoms with Crippen molar-refractivity contribution in [2.45, 2.75) is 58.3 Å². The smallest absolute Gasteiger partial charge is 0.142 e. The van der Waals surface area contributed by atoms with E-state index in [0.717, 1.165) is 50.1 Å². The van der Waals surface area contributed by atoms with Crippen LogP contribution < -0.4 is 10.1 Å². The zero-order valence-corrected chi connectivity index (χ0v) is 13.7. The van der Waals surface area contributed by atoms with E-state index in [-0.39, 0.29) is 12.2 Å². The minimum atomic E-state index is -0.383. The fourth-order valence-corrected chi connectivity index (χ4v) is 2.92. The number of aliphatic hydroxyl groups is 1. The van der Waals surface area contributed by atoms with Crippen LogP contribution in [0.4, 0.5) is 0 Å². The minimum absolute atomic E-state index is 0.137. The van der Waals surface area contributed by atoms with Crippen LogP contribution in [0.3, 0.4) is 0 Å². The third-order valence-electron chi connectivity index (χ3n) is 3.85. The Bertz CT molecular complexity index is 450. The molecule has 2 unspecified atom stereocenters. The normalized spacial score (nSPS) is 22.5. The van der Waals surface area contributed by atoms with Gasteiger partial charge >= 0.3 is 0 Å². The van der Waals surface area contributed by atoms with Gasteiger partial charge in [-0.1, -0.05) is 44.0 Å². The molecule has 2 rings (SSSR count). The molecule has 0 aliphatic heterocycles. The maximum Gasteiger partial charge on any atom is 0.142 e. The summed E-state index contributed by atoms with van der Waals surface area (Å²) in [7, 11) is 0. The van der Waals surface area contributed by atoms with Crippen LogP contribution in [0, 0.1) is 5.92 Å². The van der Waals surface area contributed by atoms with Gasteiger partial charge in [0.2, 0.25) is 0 Å². The largest absolute Gasteiger partial charge is 0.486 e. The van der Waals surface area contributed by atoms with Gasteiger partial charge in [-0.25, -0.2) is 0 Å². The van der Waals surface area contributed by atoms with Crippen molar-refractivity contribution in [3.05, 3.63) is 28.8 Å². The molecule has 0 amide bonds. The molecule has 1 aromatic carbocycles. The van der Waals surface area contributed by atoms with Gasteiger partial charge in [0.15, 0.2) is 0 Å². The van der Waals surface area contributed by atoms with E-state index in [9.17, 15) is 5.11 Å². The van der Waals surface area contributed by atoms with Gasteiger partial charge in [-0.3, -0.25) is 0 Å². The number of rotatable bonds is 6. The van der Waals surface area contributed by atoms with Crippen LogP contribution in [0.15, 0.2) is 18.2 Å². The lowest BCUT2D eigenvalue weighted by atomic mass is 9.95. The lowest BCUT2D eigenvalue weighted by molar-refractivity contribution is 0.00641. The van der Waals surface area contributed by atoms with E-state index in [0.29, 0.717) is 10.9 Å². The summed E-state index contributed by atoms with van der Waals surface area (Å²) in [5.74, 6) is 1.33. The average molecular weight is 312 g/mol. The summed E-state index contributed by atoms with van der Waals surface area (Å²) in [5.41, 5.74) is 1.06. The highest BCUT2D eigenvalue weighted by atomic mass is 35.5. The lowest BCUT2D eigenvalue weighted by Crippen LogP contribution is -2.35. The topological polar surface area (TPSA) is 41.5 Å². The average Bonchev–Trinajstić information content (AvgIpc) is 2.44. The van der Waals surface area contributed by atoms with Gasteiger partial charge in [-0.2, -0.15) is 0 Å². The fraction of sp³-hybridized carbons (Fsp3) is 0.647. The van der Waals surface area contributed by atoms with Crippen molar-refractivity contribution < 1.29 is 9.84 Å². The quantitative estimate of drug-likeness (QED) is 0.840. The molecule has 1 fully saturated rings. The van der Waals surface area contributed by atoms with E-state index in [1.54, 1.807) is 0 Å². The second-order valence-electron chi connectivity index (χ2n) is 6.26. The number of para-hydroxylation sites is 1. The number of halogens is 1. The molecule has 0 aromatic heterocycles. The molecule has 4 heteroatoms. The van der Waals surface area contributed by atoms with E-state index in [2.05, 4.69) is 19.2 Å². The third-order valence-corrected chi connectivity index (χ3v) is 4.15. The first kappa shape index (κ1) is 16.6. The van der Waals surface area contributed by atoms with Crippen molar-refractivity contribution >= 4 is 11.6 Å². The molecule has 0 spiro atoms. The van der Waals surface area contributed by atoms with Crippen molar-refractivity contribution in [3.63, 3.8) is 0 Å². The highest BCUT2D eigenvalue weighted by molar-refractivity contribution is 6.32. The molecular weight excluding hydrogens is 286 g/mol.